The van der Waals surface area contributed by atoms with Crippen LogP contribution in [0.1, 0.15) is 17.2 Å². The Kier molecular flexibility index (Phi) is 4.41. The number of tetrazole rings is 1. The first-order valence-corrected chi connectivity index (χ1v) is 9.59. The standard InChI is InChI=1S/C19H13Cl2N7O2/c1-30-11-4-2-3-9(7-11)15-14-16(18(29)24-23-15)22-19-25-26-27-28(19)17(14)12-6-5-10(20)8-13(12)21/h2-8,17H,1H3,(H,24,29)(H,22,25,27). The number of nitrogens with zero attached hydrogens (tertiary/aromatic N) is 5. The third-order valence-corrected chi connectivity index (χ3v) is 5.43. The molecular weight excluding hydrogens is 429 g/mol. The number of hydrogen-bond acceptors (Lipinski definition) is 7. The lowest BCUT2D eigenvalue weighted by atomic mass is 9.92. The molecule has 0 amide bonds. The summed E-state index contributed by atoms with van der Waals surface area (Å²) in [7, 11) is 1.58. The Morgan fingerprint density at radius 1 is 1.17 bits per heavy atom. The minimum absolute atomic E-state index is 0.293. The number of benzene rings is 2. The number of methoxy groups -OCH3 is 1. The SMILES string of the molecule is COc1cccc(-c2n[nH]c(=O)c3c2C(c2ccc(Cl)cc2Cl)n2nnnc2N3)c1. The van der Waals surface area contributed by atoms with E-state index in [1.54, 1.807) is 30.0 Å². The topological polar surface area (TPSA) is 111 Å². The molecule has 3 heterocycles. The molecular formula is C19H13Cl2N7O2. The number of aromatic amines is 1. The number of ether oxygens (including phenoxy) is 1. The molecule has 0 aliphatic carbocycles. The van der Waals surface area contributed by atoms with Gasteiger partial charge in [-0.05, 0) is 34.7 Å². The number of nitrogens with one attached hydrogen (secondary N) is 2. The molecule has 0 fully saturated rings. The highest BCUT2D eigenvalue weighted by molar-refractivity contribution is 6.35. The number of H-pyrrole nitrogens is 1. The first-order valence-electron chi connectivity index (χ1n) is 8.83. The van der Waals surface area contributed by atoms with E-state index in [1.165, 1.54) is 0 Å². The number of hydrogen-bond donors (Lipinski definition) is 2. The molecule has 1 aliphatic heterocycles. The van der Waals surface area contributed by atoms with Crippen molar-refractivity contribution in [2.75, 3.05) is 12.4 Å². The molecule has 0 bridgehead atoms. The second-order valence-electron chi connectivity index (χ2n) is 6.56. The van der Waals surface area contributed by atoms with Gasteiger partial charge in [-0.2, -0.15) is 9.78 Å². The number of rotatable bonds is 3. The molecule has 5 rings (SSSR count). The van der Waals surface area contributed by atoms with Gasteiger partial charge in [-0.1, -0.05) is 46.5 Å². The largest absolute Gasteiger partial charge is 0.497 e. The first kappa shape index (κ1) is 18.6. The van der Waals surface area contributed by atoms with Crippen LogP contribution in [0.2, 0.25) is 10.0 Å². The number of aromatic nitrogens is 6. The zero-order chi connectivity index (χ0) is 20.8. The monoisotopic (exact) mass is 441 g/mol. The molecule has 2 N–H and O–H groups in total. The van der Waals surface area contributed by atoms with Gasteiger partial charge < -0.3 is 10.1 Å². The van der Waals surface area contributed by atoms with Crippen LogP contribution in [0.4, 0.5) is 11.6 Å². The Balaban J connectivity index is 1.83. The highest BCUT2D eigenvalue weighted by atomic mass is 35.5. The molecule has 30 heavy (non-hydrogen) atoms. The quantitative estimate of drug-likeness (QED) is 0.441. The summed E-state index contributed by atoms with van der Waals surface area (Å²) < 4.78 is 6.90. The maximum Gasteiger partial charge on any atom is 0.288 e. The van der Waals surface area contributed by atoms with E-state index in [4.69, 9.17) is 27.9 Å². The highest BCUT2D eigenvalue weighted by Crippen LogP contribution is 2.43. The summed E-state index contributed by atoms with van der Waals surface area (Å²) in [5.74, 6) is 0.967. The van der Waals surface area contributed by atoms with Gasteiger partial charge in [0.1, 0.15) is 17.5 Å². The summed E-state index contributed by atoms with van der Waals surface area (Å²) in [6.45, 7) is 0. The molecule has 150 valence electrons. The smallest absolute Gasteiger partial charge is 0.288 e. The first-order chi connectivity index (χ1) is 14.6. The van der Waals surface area contributed by atoms with Crippen LogP contribution in [0.25, 0.3) is 11.3 Å². The Morgan fingerprint density at radius 2 is 2.03 bits per heavy atom. The number of fused-ring (bicyclic) bond motifs is 2. The molecule has 4 aromatic rings. The van der Waals surface area contributed by atoms with Crippen LogP contribution in [0, 0.1) is 0 Å². The molecule has 11 heteroatoms. The second-order valence-corrected chi connectivity index (χ2v) is 7.41. The Labute approximate surface area is 179 Å². The summed E-state index contributed by atoms with van der Waals surface area (Å²) in [6.07, 6.45) is 0. The predicted molar refractivity (Wildman–Crippen MR) is 112 cm³/mol. The average molecular weight is 442 g/mol. The van der Waals surface area contributed by atoms with E-state index < -0.39 is 11.6 Å². The van der Waals surface area contributed by atoms with Crippen molar-refractivity contribution in [3.05, 3.63) is 74.0 Å². The fraction of sp³-hybridized carbons (Fsp3) is 0.105. The van der Waals surface area contributed by atoms with Crippen molar-refractivity contribution in [3.8, 4) is 17.0 Å². The summed E-state index contributed by atoms with van der Waals surface area (Å²) >= 11 is 12.6. The fourth-order valence-corrected chi connectivity index (χ4v) is 4.05. The second kappa shape index (κ2) is 7.12. The van der Waals surface area contributed by atoms with Gasteiger partial charge in [0.25, 0.3) is 5.56 Å². The Morgan fingerprint density at radius 3 is 2.83 bits per heavy atom. The Hall–Kier alpha value is -3.43. The van der Waals surface area contributed by atoms with Gasteiger partial charge in [-0.15, -0.1) is 0 Å². The number of anilines is 2. The van der Waals surface area contributed by atoms with Crippen LogP contribution >= 0.6 is 23.2 Å². The Bertz CT molecular complexity index is 1330. The van der Waals surface area contributed by atoms with E-state index in [-0.39, 0.29) is 0 Å². The molecule has 0 saturated carbocycles. The van der Waals surface area contributed by atoms with Crippen molar-refractivity contribution >= 4 is 34.8 Å². The third kappa shape index (κ3) is 2.90. The van der Waals surface area contributed by atoms with Gasteiger partial charge in [-0.25, -0.2) is 5.10 Å². The van der Waals surface area contributed by atoms with Gasteiger partial charge in [0.2, 0.25) is 5.95 Å². The van der Waals surface area contributed by atoms with Crippen molar-refractivity contribution in [2.45, 2.75) is 6.04 Å². The molecule has 9 nitrogen and oxygen atoms in total. The van der Waals surface area contributed by atoms with E-state index in [9.17, 15) is 4.79 Å². The minimum atomic E-state index is -0.605. The van der Waals surface area contributed by atoms with Crippen molar-refractivity contribution in [2.24, 2.45) is 0 Å². The van der Waals surface area contributed by atoms with Crippen molar-refractivity contribution < 1.29 is 4.74 Å². The van der Waals surface area contributed by atoms with E-state index in [0.717, 1.165) is 5.56 Å². The van der Waals surface area contributed by atoms with Gasteiger partial charge in [0.05, 0.1) is 12.8 Å². The molecule has 0 radical (unpaired) electrons. The van der Waals surface area contributed by atoms with Gasteiger partial charge >= 0.3 is 0 Å². The van der Waals surface area contributed by atoms with Gasteiger partial charge in [0, 0.05) is 26.7 Å². The lowest BCUT2D eigenvalue weighted by Crippen LogP contribution is -2.29. The lowest BCUT2D eigenvalue weighted by Gasteiger charge is -2.28. The van der Waals surface area contributed by atoms with Crippen LogP contribution in [0.15, 0.2) is 47.3 Å². The van der Waals surface area contributed by atoms with E-state index in [2.05, 4.69) is 31.0 Å². The minimum Gasteiger partial charge on any atom is -0.497 e. The van der Waals surface area contributed by atoms with Crippen LogP contribution in [0.5, 0.6) is 5.75 Å². The predicted octanol–water partition coefficient (Wildman–Crippen LogP) is 3.43. The zero-order valence-corrected chi connectivity index (χ0v) is 16.9. The summed E-state index contributed by atoms with van der Waals surface area (Å²) in [5, 5.41) is 22.6. The van der Waals surface area contributed by atoms with Crippen LogP contribution < -0.4 is 15.6 Å². The molecule has 1 aliphatic rings. The summed E-state index contributed by atoms with van der Waals surface area (Å²) in [6, 6.07) is 11.9. The number of halogens is 2. The highest BCUT2D eigenvalue weighted by Gasteiger charge is 2.35. The third-order valence-electron chi connectivity index (χ3n) is 4.87. The van der Waals surface area contributed by atoms with Crippen molar-refractivity contribution in [3.63, 3.8) is 0 Å². The average Bonchev–Trinajstić information content (AvgIpc) is 3.22. The van der Waals surface area contributed by atoms with Crippen LogP contribution in [0.3, 0.4) is 0 Å². The van der Waals surface area contributed by atoms with Crippen LogP contribution in [-0.4, -0.2) is 37.5 Å². The summed E-state index contributed by atoms with van der Waals surface area (Å²) in [5.41, 5.74) is 2.43. The maximum atomic E-state index is 12.7. The molecule has 2 aromatic carbocycles. The van der Waals surface area contributed by atoms with Gasteiger partial charge in [-0.3, -0.25) is 4.79 Å². The lowest BCUT2D eigenvalue weighted by molar-refractivity contribution is 0.415. The molecule has 1 atom stereocenters. The van der Waals surface area contributed by atoms with Gasteiger partial charge in [0.15, 0.2) is 0 Å². The zero-order valence-electron chi connectivity index (χ0n) is 15.4. The normalized spacial score (nSPS) is 14.6. The van der Waals surface area contributed by atoms with Crippen molar-refractivity contribution in [1.82, 2.24) is 30.4 Å². The van der Waals surface area contributed by atoms with E-state index >= 15 is 0 Å². The molecule has 0 saturated heterocycles. The van der Waals surface area contributed by atoms with E-state index in [1.807, 2.05) is 24.3 Å². The van der Waals surface area contributed by atoms with E-state index in [0.29, 0.717) is 44.3 Å². The maximum absolute atomic E-state index is 12.7. The summed E-state index contributed by atoms with van der Waals surface area (Å²) in [4.78, 5) is 12.7. The molecule has 0 spiro atoms. The molecule has 1 unspecified atom stereocenters. The fourth-order valence-electron chi connectivity index (χ4n) is 3.54. The van der Waals surface area contributed by atoms with Crippen molar-refractivity contribution in [1.29, 1.82) is 0 Å². The van der Waals surface area contributed by atoms with Crippen LogP contribution in [-0.2, 0) is 0 Å². The molecule has 2 aromatic heterocycles.